The zero-order valence-electron chi connectivity index (χ0n) is 12.6. The van der Waals surface area contributed by atoms with Crippen LogP contribution in [-0.4, -0.2) is 24.5 Å². The number of nitrogens with zero attached hydrogens (tertiary/aromatic N) is 1. The van der Waals surface area contributed by atoms with Gasteiger partial charge < -0.3 is 15.5 Å². The molecule has 0 aromatic heterocycles. The second-order valence-electron chi connectivity index (χ2n) is 5.49. The molecular formula is C17H15F2N3O2. The molecule has 2 aromatic carbocycles. The van der Waals surface area contributed by atoms with Gasteiger partial charge in [-0.2, -0.15) is 0 Å². The molecule has 0 spiro atoms. The van der Waals surface area contributed by atoms with Gasteiger partial charge in [0.2, 0.25) is 5.91 Å². The summed E-state index contributed by atoms with van der Waals surface area (Å²) >= 11 is 0. The monoisotopic (exact) mass is 331 g/mol. The average molecular weight is 331 g/mol. The molecule has 1 fully saturated rings. The van der Waals surface area contributed by atoms with Gasteiger partial charge in [-0.25, -0.2) is 13.6 Å². The van der Waals surface area contributed by atoms with Crippen molar-refractivity contribution in [3.63, 3.8) is 0 Å². The second kappa shape index (κ2) is 6.66. The summed E-state index contributed by atoms with van der Waals surface area (Å²) in [6.07, 6.45) is 0.132. The molecule has 1 saturated heterocycles. The number of nitrogens with one attached hydrogen (secondary N) is 2. The molecule has 2 N–H and O–H groups in total. The van der Waals surface area contributed by atoms with Gasteiger partial charge in [0, 0.05) is 24.3 Å². The highest BCUT2D eigenvalue weighted by atomic mass is 19.1. The molecule has 3 rings (SSSR count). The van der Waals surface area contributed by atoms with Gasteiger partial charge in [0.15, 0.2) is 0 Å². The first-order chi connectivity index (χ1) is 11.5. The molecule has 0 saturated carbocycles. The Balaban J connectivity index is 1.59. The van der Waals surface area contributed by atoms with E-state index in [1.165, 1.54) is 47.4 Å². The minimum atomic E-state index is -0.486. The van der Waals surface area contributed by atoms with Crippen LogP contribution in [0.4, 0.5) is 25.0 Å². The van der Waals surface area contributed by atoms with E-state index in [1.54, 1.807) is 6.07 Å². The van der Waals surface area contributed by atoms with E-state index in [9.17, 15) is 18.4 Å². The van der Waals surface area contributed by atoms with Crippen molar-refractivity contribution in [1.82, 2.24) is 5.32 Å². The zero-order chi connectivity index (χ0) is 17.1. The van der Waals surface area contributed by atoms with Crippen LogP contribution >= 0.6 is 0 Å². The predicted molar refractivity (Wildman–Crippen MR) is 85.7 cm³/mol. The molecule has 1 aliphatic heterocycles. The zero-order valence-corrected chi connectivity index (χ0v) is 12.6. The molecule has 2 aromatic rings. The summed E-state index contributed by atoms with van der Waals surface area (Å²) in [4.78, 5) is 25.5. The minimum Gasteiger partial charge on any atom is -0.333 e. The van der Waals surface area contributed by atoms with Crippen molar-refractivity contribution >= 4 is 23.3 Å². The average Bonchev–Trinajstić information content (AvgIpc) is 2.90. The lowest BCUT2D eigenvalue weighted by Crippen LogP contribution is -2.39. The summed E-state index contributed by atoms with van der Waals surface area (Å²) in [5, 5.41) is 5.25. The van der Waals surface area contributed by atoms with Crippen LogP contribution < -0.4 is 15.5 Å². The number of halogens is 2. The van der Waals surface area contributed by atoms with Crippen molar-refractivity contribution in [3.8, 4) is 0 Å². The third-order valence-corrected chi connectivity index (χ3v) is 3.68. The molecule has 5 nitrogen and oxygen atoms in total. The van der Waals surface area contributed by atoms with Gasteiger partial charge in [-0.05, 0) is 42.5 Å². The molecular weight excluding hydrogens is 316 g/mol. The van der Waals surface area contributed by atoms with Crippen LogP contribution in [0.5, 0.6) is 0 Å². The fourth-order valence-electron chi connectivity index (χ4n) is 2.58. The number of carbonyl (C=O) groups is 2. The van der Waals surface area contributed by atoms with Gasteiger partial charge in [0.25, 0.3) is 0 Å². The summed E-state index contributed by atoms with van der Waals surface area (Å²) in [6.45, 7) is 0.263. The van der Waals surface area contributed by atoms with E-state index in [-0.39, 0.29) is 24.9 Å². The lowest BCUT2D eigenvalue weighted by molar-refractivity contribution is -0.117. The van der Waals surface area contributed by atoms with Gasteiger partial charge in [0.1, 0.15) is 11.6 Å². The number of hydrogen-bond acceptors (Lipinski definition) is 2. The summed E-state index contributed by atoms with van der Waals surface area (Å²) in [5.41, 5.74) is 0.906. The van der Waals surface area contributed by atoms with E-state index in [2.05, 4.69) is 10.6 Å². The summed E-state index contributed by atoms with van der Waals surface area (Å²) in [5.74, 6) is -1.01. The SMILES string of the molecule is O=C(Nc1ccc(F)cc1)NC1CC(=O)N(c2cccc(F)c2)C1. The molecule has 0 radical (unpaired) electrons. The molecule has 1 unspecified atom stereocenters. The van der Waals surface area contributed by atoms with Crippen LogP contribution in [0.2, 0.25) is 0 Å². The van der Waals surface area contributed by atoms with Crippen molar-refractivity contribution in [2.75, 3.05) is 16.8 Å². The first-order valence-electron chi connectivity index (χ1n) is 7.40. The number of rotatable bonds is 3. The van der Waals surface area contributed by atoms with Crippen molar-refractivity contribution in [3.05, 3.63) is 60.2 Å². The molecule has 7 heteroatoms. The predicted octanol–water partition coefficient (Wildman–Crippen LogP) is 2.89. The first kappa shape index (κ1) is 15.9. The molecule has 1 atom stereocenters. The number of anilines is 2. The Bertz CT molecular complexity index is 765. The maximum absolute atomic E-state index is 13.3. The molecule has 3 amide bonds. The Labute approximate surface area is 137 Å². The van der Waals surface area contributed by atoms with Crippen molar-refractivity contribution in [1.29, 1.82) is 0 Å². The topological polar surface area (TPSA) is 61.4 Å². The molecule has 1 heterocycles. The van der Waals surface area contributed by atoms with Crippen LogP contribution in [-0.2, 0) is 4.79 Å². The molecule has 24 heavy (non-hydrogen) atoms. The number of amides is 3. The van der Waals surface area contributed by atoms with Gasteiger partial charge in [-0.3, -0.25) is 4.79 Å². The Morgan fingerprint density at radius 3 is 2.54 bits per heavy atom. The van der Waals surface area contributed by atoms with E-state index < -0.39 is 17.7 Å². The quantitative estimate of drug-likeness (QED) is 0.908. The van der Waals surface area contributed by atoms with Gasteiger partial charge in [-0.15, -0.1) is 0 Å². The van der Waals surface area contributed by atoms with E-state index in [0.717, 1.165) is 0 Å². The molecule has 0 bridgehead atoms. The number of hydrogen-bond donors (Lipinski definition) is 2. The lowest BCUT2D eigenvalue weighted by Gasteiger charge is -2.17. The van der Waals surface area contributed by atoms with Crippen molar-refractivity contribution < 1.29 is 18.4 Å². The van der Waals surface area contributed by atoms with Crippen LogP contribution in [0.1, 0.15) is 6.42 Å². The third-order valence-electron chi connectivity index (χ3n) is 3.68. The van der Waals surface area contributed by atoms with Crippen LogP contribution in [0.25, 0.3) is 0 Å². The highest BCUT2D eigenvalue weighted by molar-refractivity contribution is 5.97. The van der Waals surface area contributed by atoms with E-state index in [1.807, 2.05) is 0 Å². The van der Waals surface area contributed by atoms with Crippen LogP contribution in [0.15, 0.2) is 48.5 Å². The first-order valence-corrected chi connectivity index (χ1v) is 7.40. The summed E-state index contributed by atoms with van der Waals surface area (Å²) < 4.78 is 26.1. The van der Waals surface area contributed by atoms with E-state index in [4.69, 9.17) is 0 Å². The fraction of sp³-hybridized carbons (Fsp3) is 0.176. The normalized spacial score (nSPS) is 17.0. The Hall–Kier alpha value is -2.96. The van der Waals surface area contributed by atoms with E-state index >= 15 is 0 Å². The van der Waals surface area contributed by atoms with Crippen molar-refractivity contribution in [2.24, 2.45) is 0 Å². The second-order valence-corrected chi connectivity index (χ2v) is 5.49. The van der Waals surface area contributed by atoms with Gasteiger partial charge in [0.05, 0.1) is 6.04 Å². The number of benzene rings is 2. The number of urea groups is 1. The van der Waals surface area contributed by atoms with Crippen molar-refractivity contribution in [2.45, 2.75) is 12.5 Å². The Morgan fingerprint density at radius 2 is 1.83 bits per heavy atom. The fourth-order valence-corrected chi connectivity index (χ4v) is 2.58. The molecule has 124 valence electrons. The maximum Gasteiger partial charge on any atom is 0.319 e. The summed E-state index contributed by atoms with van der Waals surface area (Å²) in [6, 6.07) is 10.2. The third kappa shape index (κ3) is 3.68. The largest absolute Gasteiger partial charge is 0.333 e. The molecule has 1 aliphatic rings. The maximum atomic E-state index is 13.3. The highest BCUT2D eigenvalue weighted by Gasteiger charge is 2.31. The van der Waals surface area contributed by atoms with E-state index in [0.29, 0.717) is 11.4 Å². The smallest absolute Gasteiger partial charge is 0.319 e. The lowest BCUT2D eigenvalue weighted by atomic mass is 10.2. The Morgan fingerprint density at radius 1 is 1.08 bits per heavy atom. The number of carbonyl (C=O) groups excluding carboxylic acids is 2. The van der Waals surface area contributed by atoms with Gasteiger partial charge in [-0.1, -0.05) is 6.07 Å². The standard InChI is InChI=1S/C17H15F2N3O2/c18-11-4-6-13(7-5-11)20-17(24)21-14-9-16(23)22(10-14)15-3-1-2-12(19)8-15/h1-8,14H,9-10H2,(H2,20,21,24). The van der Waals surface area contributed by atoms with Gasteiger partial charge >= 0.3 is 6.03 Å². The highest BCUT2D eigenvalue weighted by Crippen LogP contribution is 2.22. The van der Waals surface area contributed by atoms with Crippen LogP contribution in [0.3, 0.4) is 0 Å². The van der Waals surface area contributed by atoms with Crippen LogP contribution in [0, 0.1) is 11.6 Å². The Kier molecular flexibility index (Phi) is 4.41. The minimum absolute atomic E-state index is 0.132. The molecule has 0 aliphatic carbocycles. The summed E-state index contributed by atoms with van der Waals surface area (Å²) in [7, 11) is 0.